The van der Waals surface area contributed by atoms with Crippen molar-refractivity contribution < 1.29 is 18.0 Å². The van der Waals surface area contributed by atoms with Gasteiger partial charge in [0.05, 0.1) is 17.1 Å². The number of halogens is 4. The van der Waals surface area contributed by atoms with Gasteiger partial charge in [-0.3, -0.25) is 4.79 Å². The van der Waals surface area contributed by atoms with Crippen molar-refractivity contribution >= 4 is 23.2 Å². The van der Waals surface area contributed by atoms with Crippen LogP contribution in [-0.4, -0.2) is 30.4 Å². The molecule has 1 fully saturated rings. The Morgan fingerprint density at radius 3 is 2.52 bits per heavy atom. The zero-order chi connectivity index (χ0) is 15.5. The third-order valence-corrected chi connectivity index (χ3v) is 3.75. The van der Waals surface area contributed by atoms with Crippen LogP contribution in [0.2, 0.25) is 5.02 Å². The summed E-state index contributed by atoms with van der Waals surface area (Å²) in [6, 6.07) is 3.53. The Morgan fingerprint density at radius 1 is 1.24 bits per heavy atom. The number of likely N-dealkylation sites (tertiary alicyclic amines) is 1. The second-order valence-electron chi connectivity index (χ2n) is 4.99. The number of carbonyl (C=O) groups is 1. The Balaban J connectivity index is 1.98. The highest BCUT2D eigenvalue weighted by molar-refractivity contribution is 6.31. The first kappa shape index (κ1) is 15.9. The fraction of sp³-hybridized carbons (Fsp3) is 0.500. The average molecular weight is 321 g/mol. The van der Waals surface area contributed by atoms with E-state index < -0.39 is 11.7 Å². The van der Waals surface area contributed by atoms with Crippen molar-refractivity contribution in [2.45, 2.75) is 25.4 Å². The van der Waals surface area contributed by atoms with Gasteiger partial charge in [0.1, 0.15) is 0 Å². The zero-order valence-corrected chi connectivity index (χ0v) is 12.1. The molecule has 1 aliphatic heterocycles. The third kappa shape index (κ3) is 4.27. The number of hydrogen-bond acceptors (Lipinski definition) is 2. The first-order valence-electron chi connectivity index (χ1n) is 6.76. The van der Waals surface area contributed by atoms with Crippen LogP contribution < -0.4 is 5.32 Å². The van der Waals surface area contributed by atoms with E-state index in [0.717, 1.165) is 38.4 Å². The van der Waals surface area contributed by atoms with E-state index in [2.05, 4.69) is 5.32 Å². The maximum Gasteiger partial charge on any atom is 0.417 e. The van der Waals surface area contributed by atoms with Crippen LogP contribution in [0.3, 0.4) is 0 Å². The van der Waals surface area contributed by atoms with E-state index >= 15 is 0 Å². The van der Waals surface area contributed by atoms with Gasteiger partial charge in [0.15, 0.2) is 0 Å². The number of alkyl halides is 3. The topological polar surface area (TPSA) is 32.3 Å². The van der Waals surface area contributed by atoms with Crippen molar-refractivity contribution in [2.24, 2.45) is 0 Å². The second-order valence-corrected chi connectivity index (χ2v) is 5.39. The fourth-order valence-corrected chi connectivity index (χ4v) is 2.51. The monoisotopic (exact) mass is 320 g/mol. The summed E-state index contributed by atoms with van der Waals surface area (Å²) in [6.07, 6.45) is -1.44. The third-order valence-electron chi connectivity index (χ3n) is 3.42. The number of rotatable bonds is 3. The smallest absolute Gasteiger partial charge is 0.376 e. The molecule has 1 aliphatic rings. The number of carbonyl (C=O) groups excluding carboxylic acids is 1. The Kier molecular flexibility index (Phi) is 4.98. The Bertz CT molecular complexity index is 513. The lowest BCUT2D eigenvalue weighted by Crippen LogP contribution is -2.39. The van der Waals surface area contributed by atoms with E-state index in [0.29, 0.717) is 0 Å². The maximum atomic E-state index is 12.7. The molecule has 1 saturated heterocycles. The predicted molar refractivity (Wildman–Crippen MR) is 75.4 cm³/mol. The van der Waals surface area contributed by atoms with Gasteiger partial charge in [-0.15, -0.1) is 0 Å². The molecule has 0 bridgehead atoms. The molecule has 0 unspecified atom stereocenters. The van der Waals surface area contributed by atoms with E-state index in [1.54, 1.807) is 4.90 Å². The largest absolute Gasteiger partial charge is 0.417 e. The number of amides is 1. The van der Waals surface area contributed by atoms with Crippen LogP contribution in [0.5, 0.6) is 0 Å². The molecule has 116 valence electrons. The lowest BCUT2D eigenvalue weighted by Gasteiger charge is -2.27. The second kappa shape index (κ2) is 6.56. The van der Waals surface area contributed by atoms with Gasteiger partial charge in [-0.1, -0.05) is 11.6 Å². The number of nitrogens with one attached hydrogen (secondary N) is 1. The minimum atomic E-state index is -4.51. The summed E-state index contributed by atoms with van der Waals surface area (Å²) in [6.45, 7) is 1.42. The normalized spacial score (nSPS) is 15.9. The summed E-state index contributed by atoms with van der Waals surface area (Å²) in [5.41, 5.74) is -0.670. The van der Waals surface area contributed by atoms with Crippen LogP contribution >= 0.6 is 11.6 Å². The maximum absolute atomic E-state index is 12.7. The molecule has 21 heavy (non-hydrogen) atoms. The molecule has 1 amide bonds. The molecule has 7 heteroatoms. The predicted octanol–water partition coefficient (Wildman–Crippen LogP) is 3.78. The molecule has 0 aromatic heterocycles. The van der Waals surface area contributed by atoms with Crippen molar-refractivity contribution in [1.82, 2.24) is 4.90 Å². The van der Waals surface area contributed by atoms with Gasteiger partial charge in [0.2, 0.25) is 5.91 Å². The molecule has 0 saturated carbocycles. The molecule has 2 rings (SSSR count). The van der Waals surface area contributed by atoms with E-state index in [9.17, 15) is 18.0 Å². The lowest BCUT2D eigenvalue weighted by atomic mass is 10.1. The average Bonchev–Trinajstić information content (AvgIpc) is 2.45. The minimum absolute atomic E-state index is 0.0150. The molecule has 1 heterocycles. The molecule has 0 atom stereocenters. The van der Waals surface area contributed by atoms with Crippen molar-refractivity contribution in [3.63, 3.8) is 0 Å². The number of anilines is 1. The summed E-state index contributed by atoms with van der Waals surface area (Å²) >= 11 is 5.54. The number of piperidine rings is 1. The van der Waals surface area contributed by atoms with E-state index in [4.69, 9.17) is 11.6 Å². The summed E-state index contributed by atoms with van der Waals surface area (Å²) in [4.78, 5) is 13.7. The Hall–Kier alpha value is -1.43. The van der Waals surface area contributed by atoms with Gasteiger partial charge in [-0.25, -0.2) is 0 Å². The quantitative estimate of drug-likeness (QED) is 0.919. The van der Waals surface area contributed by atoms with Crippen LogP contribution in [0.4, 0.5) is 18.9 Å². The van der Waals surface area contributed by atoms with Crippen molar-refractivity contribution in [3.05, 3.63) is 28.8 Å². The van der Waals surface area contributed by atoms with Crippen LogP contribution in [0.15, 0.2) is 18.2 Å². The zero-order valence-electron chi connectivity index (χ0n) is 11.3. The minimum Gasteiger partial charge on any atom is -0.376 e. The fourth-order valence-electron chi connectivity index (χ4n) is 2.29. The van der Waals surface area contributed by atoms with Gasteiger partial charge >= 0.3 is 6.18 Å². The number of benzene rings is 1. The Labute approximate surface area is 126 Å². The molecule has 0 radical (unpaired) electrons. The van der Waals surface area contributed by atoms with Gasteiger partial charge < -0.3 is 10.2 Å². The highest BCUT2D eigenvalue weighted by Crippen LogP contribution is 2.36. The molecule has 0 aliphatic carbocycles. The van der Waals surface area contributed by atoms with Crippen LogP contribution in [-0.2, 0) is 11.0 Å². The molecule has 1 aromatic rings. The number of nitrogens with zero attached hydrogens (tertiary/aromatic N) is 1. The summed E-state index contributed by atoms with van der Waals surface area (Å²) in [7, 11) is 0. The van der Waals surface area contributed by atoms with E-state index in [1.165, 1.54) is 12.1 Å². The summed E-state index contributed by atoms with van der Waals surface area (Å²) in [5, 5.41) is 2.38. The number of hydrogen-bond donors (Lipinski definition) is 1. The molecular weight excluding hydrogens is 305 g/mol. The molecule has 0 spiro atoms. The lowest BCUT2D eigenvalue weighted by molar-refractivity contribution is -0.137. The SMILES string of the molecule is O=C(CNc1ccc(Cl)c(C(F)(F)F)c1)N1CCCCC1. The Morgan fingerprint density at radius 2 is 1.90 bits per heavy atom. The van der Waals surface area contributed by atoms with E-state index in [-0.39, 0.29) is 23.2 Å². The van der Waals surface area contributed by atoms with Crippen LogP contribution in [0.1, 0.15) is 24.8 Å². The molecule has 1 N–H and O–H groups in total. The highest BCUT2D eigenvalue weighted by atomic mass is 35.5. The molecular formula is C14H16ClF3N2O. The molecule has 1 aromatic carbocycles. The first-order chi connectivity index (χ1) is 9.88. The molecule has 3 nitrogen and oxygen atoms in total. The van der Waals surface area contributed by atoms with Crippen molar-refractivity contribution in [1.29, 1.82) is 0 Å². The van der Waals surface area contributed by atoms with Gasteiger partial charge in [0, 0.05) is 18.8 Å². The van der Waals surface area contributed by atoms with Crippen LogP contribution in [0.25, 0.3) is 0 Å². The van der Waals surface area contributed by atoms with Crippen LogP contribution in [0, 0.1) is 0 Å². The van der Waals surface area contributed by atoms with Crippen molar-refractivity contribution in [3.8, 4) is 0 Å². The van der Waals surface area contributed by atoms with E-state index in [1.807, 2.05) is 0 Å². The van der Waals surface area contributed by atoms with Gasteiger partial charge in [0.25, 0.3) is 0 Å². The first-order valence-corrected chi connectivity index (χ1v) is 7.14. The highest BCUT2D eigenvalue weighted by Gasteiger charge is 2.33. The van der Waals surface area contributed by atoms with Gasteiger partial charge in [-0.05, 0) is 37.5 Å². The standard InChI is InChI=1S/C14H16ClF3N2O/c15-12-5-4-10(8-11(12)14(16,17)18)19-9-13(21)20-6-2-1-3-7-20/h4-5,8,19H,1-3,6-7,9H2. The van der Waals surface area contributed by atoms with Gasteiger partial charge in [-0.2, -0.15) is 13.2 Å². The summed E-state index contributed by atoms with van der Waals surface area (Å²) < 4.78 is 38.2. The summed E-state index contributed by atoms with van der Waals surface area (Å²) in [5.74, 6) is -0.0989. The van der Waals surface area contributed by atoms with Crippen molar-refractivity contribution in [2.75, 3.05) is 25.0 Å².